The number of carbonyl (C=O) groups is 1. The topological polar surface area (TPSA) is 55.6 Å². The molecule has 0 radical (unpaired) electrons. The van der Waals surface area contributed by atoms with E-state index in [1.165, 1.54) is 0 Å². The first-order valence-corrected chi connectivity index (χ1v) is 6.83. The van der Waals surface area contributed by atoms with Crippen molar-refractivity contribution in [2.45, 2.75) is 6.54 Å². The lowest BCUT2D eigenvalue weighted by atomic mass is 10.1. The molecule has 2 aromatic carbocycles. The maximum atomic E-state index is 12.5. The summed E-state index contributed by atoms with van der Waals surface area (Å²) in [5.41, 5.74) is 7.57. The Morgan fingerprint density at radius 1 is 1.24 bits per heavy atom. The Morgan fingerprint density at radius 3 is 2.48 bits per heavy atom. The first kappa shape index (κ1) is 15.2. The molecule has 2 rings (SSSR count). The van der Waals surface area contributed by atoms with Gasteiger partial charge in [-0.2, -0.15) is 0 Å². The van der Waals surface area contributed by atoms with Gasteiger partial charge in [-0.3, -0.25) is 4.79 Å². The van der Waals surface area contributed by atoms with E-state index in [-0.39, 0.29) is 5.91 Å². The van der Waals surface area contributed by atoms with Gasteiger partial charge in [0.15, 0.2) is 0 Å². The summed E-state index contributed by atoms with van der Waals surface area (Å²) < 4.78 is 5.11. The highest BCUT2D eigenvalue weighted by molar-refractivity contribution is 6.34. The molecule has 0 unspecified atom stereocenters. The molecule has 0 aliphatic carbocycles. The maximum Gasteiger partial charge on any atom is 0.257 e. The van der Waals surface area contributed by atoms with E-state index in [9.17, 15) is 4.79 Å². The SMILES string of the molecule is COc1ccc(CN(C)C(=O)c2c(N)cccc2Cl)cc1. The normalized spacial score (nSPS) is 10.2. The fraction of sp³-hybridized carbons (Fsp3) is 0.188. The summed E-state index contributed by atoms with van der Waals surface area (Å²) >= 11 is 6.07. The Kier molecular flexibility index (Phi) is 4.70. The van der Waals surface area contributed by atoms with Crippen LogP contribution in [0.1, 0.15) is 15.9 Å². The number of anilines is 1. The molecular formula is C16H17ClN2O2. The minimum Gasteiger partial charge on any atom is -0.497 e. The summed E-state index contributed by atoms with van der Waals surface area (Å²) in [6, 6.07) is 12.6. The van der Waals surface area contributed by atoms with Crippen LogP contribution >= 0.6 is 11.6 Å². The molecule has 4 nitrogen and oxygen atoms in total. The molecule has 2 N–H and O–H groups in total. The van der Waals surface area contributed by atoms with Crippen molar-refractivity contribution in [2.75, 3.05) is 19.9 Å². The second-order valence-corrected chi connectivity index (χ2v) is 5.12. The Labute approximate surface area is 129 Å². The van der Waals surface area contributed by atoms with E-state index in [1.807, 2.05) is 24.3 Å². The van der Waals surface area contributed by atoms with Crippen molar-refractivity contribution in [2.24, 2.45) is 0 Å². The lowest BCUT2D eigenvalue weighted by Gasteiger charge is -2.19. The zero-order valence-electron chi connectivity index (χ0n) is 12.0. The number of ether oxygens (including phenoxy) is 1. The van der Waals surface area contributed by atoms with Crippen LogP contribution in [0.2, 0.25) is 5.02 Å². The van der Waals surface area contributed by atoms with Gasteiger partial charge in [-0.05, 0) is 29.8 Å². The second kappa shape index (κ2) is 6.50. The molecule has 0 saturated heterocycles. The molecule has 110 valence electrons. The number of nitrogens with zero attached hydrogens (tertiary/aromatic N) is 1. The minimum absolute atomic E-state index is 0.200. The third-order valence-corrected chi connectivity index (χ3v) is 3.50. The molecule has 5 heteroatoms. The number of methoxy groups -OCH3 is 1. The highest BCUT2D eigenvalue weighted by Gasteiger charge is 2.18. The average Bonchev–Trinajstić information content (AvgIpc) is 2.47. The maximum absolute atomic E-state index is 12.5. The molecule has 0 aromatic heterocycles. The minimum atomic E-state index is -0.200. The third kappa shape index (κ3) is 3.47. The summed E-state index contributed by atoms with van der Waals surface area (Å²) in [6.45, 7) is 0.466. The van der Waals surface area contributed by atoms with Crippen molar-refractivity contribution in [1.29, 1.82) is 0 Å². The summed E-state index contributed by atoms with van der Waals surface area (Å²) in [5.74, 6) is 0.581. The Hall–Kier alpha value is -2.20. The van der Waals surface area contributed by atoms with Gasteiger partial charge in [0.05, 0.1) is 17.7 Å². The van der Waals surface area contributed by atoms with Crippen molar-refractivity contribution in [3.63, 3.8) is 0 Å². The number of nitrogens with two attached hydrogens (primary N) is 1. The predicted molar refractivity (Wildman–Crippen MR) is 84.7 cm³/mol. The molecule has 0 spiro atoms. The van der Waals surface area contributed by atoms with E-state index < -0.39 is 0 Å². The van der Waals surface area contributed by atoms with Gasteiger partial charge in [-0.15, -0.1) is 0 Å². The average molecular weight is 305 g/mol. The van der Waals surface area contributed by atoms with Crippen LogP contribution < -0.4 is 10.5 Å². The molecule has 2 aromatic rings. The van der Waals surface area contributed by atoms with Crippen molar-refractivity contribution in [3.8, 4) is 5.75 Å². The number of hydrogen-bond acceptors (Lipinski definition) is 3. The smallest absolute Gasteiger partial charge is 0.257 e. The van der Waals surface area contributed by atoms with Crippen molar-refractivity contribution >= 4 is 23.2 Å². The van der Waals surface area contributed by atoms with Gasteiger partial charge in [0.25, 0.3) is 5.91 Å². The first-order chi connectivity index (χ1) is 10.0. The molecule has 0 aliphatic heterocycles. The van der Waals surface area contributed by atoms with Crippen molar-refractivity contribution in [3.05, 3.63) is 58.6 Å². The van der Waals surface area contributed by atoms with Crippen LogP contribution in [0.3, 0.4) is 0 Å². The van der Waals surface area contributed by atoms with E-state index in [0.29, 0.717) is 22.8 Å². The lowest BCUT2D eigenvalue weighted by molar-refractivity contribution is 0.0786. The quantitative estimate of drug-likeness (QED) is 0.883. The molecule has 21 heavy (non-hydrogen) atoms. The summed E-state index contributed by atoms with van der Waals surface area (Å²) in [7, 11) is 3.33. The summed E-state index contributed by atoms with van der Waals surface area (Å²) in [4.78, 5) is 14.0. The van der Waals surface area contributed by atoms with Crippen LogP contribution in [0.4, 0.5) is 5.69 Å². The molecule has 0 atom stereocenters. The van der Waals surface area contributed by atoms with Crippen LogP contribution in [0.5, 0.6) is 5.75 Å². The molecule has 0 bridgehead atoms. The molecule has 0 saturated carbocycles. The monoisotopic (exact) mass is 304 g/mol. The van der Waals surface area contributed by atoms with Gasteiger partial charge in [0, 0.05) is 19.3 Å². The van der Waals surface area contributed by atoms with Crippen LogP contribution in [0.25, 0.3) is 0 Å². The van der Waals surface area contributed by atoms with E-state index >= 15 is 0 Å². The molecule has 0 heterocycles. The van der Waals surface area contributed by atoms with Gasteiger partial charge in [0.2, 0.25) is 0 Å². The molecule has 0 fully saturated rings. The summed E-state index contributed by atoms with van der Waals surface area (Å²) in [6.07, 6.45) is 0. The number of nitrogen functional groups attached to an aromatic ring is 1. The van der Waals surface area contributed by atoms with Gasteiger partial charge < -0.3 is 15.4 Å². The molecule has 1 amide bonds. The summed E-state index contributed by atoms with van der Waals surface area (Å²) in [5, 5.41) is 0.363. The van der Waals surface area contributed by atoms with E-state index in [2.05, 4.69) is 0 Å². The highest BCUT2D eigenvalue weighted by atomic mass is 35.5. The number of rotatable bonds is 4. The number of benzene rings is 2. The van der Waals surface area contributed by atoms with E-state index in [4.69, 9.17) is 22.1 Å². The molecule has 0 aliphatic rings. The largest absolute Gasteiger partial charge is 0.497 e. The zero-order valence-corrected chi connectivity index (χ0v) is 12.7. The number of halogens is 1. The van der Waals surface area contributed by atoms with E-state index in [1.54, 1.807) is 37.3 Å². The molecular weight excluding hydrogens is 288 g/mol. The Balaban J connectivity index is 2.15. The van der Waals surface area contributed by atoms with E-state index in [0.717, 1.165) is 11.3 Å². The third-order valence-electron chi connectivity index (χ3n) is 3.19. The Bertz CT molecular complexity index is 621. The van der Waals surface area contributed by atoms with Gasteiger partial charge in [-0.1, -0.05) is 29.8 Å². The van der Waals surface area contributed by atoms with Crippen LogP contribution in [-0.4, -0.2) is 25.0 Å². The first-order valence-electron chi connectivity index (χ1n) is 6.45. The number of hydrogen-bond donors (Lipinski definition) is 1. The van der Waals surface area contributed by atoms with Crippen LogP contribution in [0, 0.1) is 0 Å². The van der Waals surface area contributed by atoms with Gasteiger partial charge in [0.1, 0.15) is 5.75 Å². The van der Waals surface area contributed by atoms with Crippen LogP contribution in [0.15, 0.2) is 42.5 Å². The number of carbonyl (C=O) groups excluding carboxylic acids is 1. The fourth-order valence-corrected chi connectivity index (χ4v) is 2.30. The predicted octanol–water partition coefficient (Wildman–Crippen LogP) is 3.20. The van der Waals surface area contributed by atoms with Crippen molar-refractivity contribution < 1.29 is 9.53 Å². The lowest BCUT2D eigenvalue weighted by Crippen LogP contribution is -2.27. The van der Waals surface area contributed by atoms with Crippen LogP contribution in [-0.2, 0) is 6.54 Å². The van der Waals surface area contributed by atoms with Gasteiger partial charge in [-0.25, -0.2) is 0 Å². The highest BCUT2D eigenvalue weighted by Crippen LogP contribution is 2.24. The Morgan fingerprint density at radius 2 is 1.90 bits per heavy atom. The fourth-order valence-electron chi connectivity index (χ4n) is 2.03. The second-order valence-electron chi connectivity index (χ2n) is 4.71. The number of amides is 1. The zero-order chi connectivity index (χ0) is 15.4. The van der Waals surface area contributed by atoms with Gasteiger partial charge >= 0.3 is 0 Å². The standard InChI is InChI=1S/C16H17ClN2O2/c1-19(10-11-6-8-12(21-2)9-7-11)16(20)15-13(17)4-3-5-14(15)18/h3-9H,10,18H2,1-2H3. The van der Waals surface area contributed by atoms with Crippen molar-refractivity contribution in [1.82, 2.24) is 4.90 Å².